The first kappa shape index (κ1) is 26.1. The molecule has 12 heteroatoms. The van der Waals surface area contributed by atoms with Crippen LogP contribution in [0.2, 0.25) is 20.1 Å². The van der Waals surface area contributed by atoms with E-state index in [0.717, 1.165) is 11.3 Å². The number of ether oxygens (including phenoxy) is 2. The van der Waals surface area contributed by atoms with Crippen LogP contribution in [0.1, 0.15) is 25.6 Å². The lowest BCUT2D eigenvalue weighted by Gasteiger charge is -2.09. The van der Waals surface area contributed by atoms with E-state index < -0.39 is 24.4 Å². The average Bonchev–Trinajstić information content (AvgIpc) is 3.11. The lowest BCUT2D eigenvalue weighted by molar-refractivity contribution is -0.118. The zero-order valence-corrected chi connectivity index (χ0v) is 21.5. The van der Waals surface area contributed by atoms with Crippen molar-refractivity contribution in [3.8, 4) is 5.75 Å². The maximum absolute atomic E-state index is 12.9. The third-order valence-electron chi connectivity index (χ3n) is 4.45. The molecule has 7 nitrogen and oxygen atoms in total. The average molecular weight is 562 g/mol. The van der Waals surface area contributed by atoms with Crippen LogP contribution in [-0.2, 0) is 9.53 Å². The number of rotatable bonds is 7. The maximum atomic E-state index is 12.9. The fourth-order valence-electron chi connectivity index (χ4n) is 2.84. The van der Waals surface area contributed by atoms with E-state index in [0.29, 0.717) is 16.3 Å². The molecule has 3 aromatic rings. The Morgan fingerprint density at radius 2 is 1.74 bits per heavy atom. The van der Waals surface area contributed by atoms with E-state index in [1.807, 2.05) is 0 Å². The molecule has 1 heterocycles. The highest BCUT2D eigenvalue weighted by molar-refractivity contribution is 7.19. The molecular formula is C22H16Cl4N2O5S. The van der Waals surface area contributed by atoms with Gasteiger partial charge in [-0.3, -0.25) is 9.59 Å². The number of nitrogens with one attached hydrogen (secondary N) is 2. The molecule has 0 spiro atoms. The molecule has 0 saturated carbocycles. The Morgan fingerprint density at radius 1 is 1.00 bits per heavy atom. The number of amides is 2. The van der Waals surface area contributed by atoms with Gasteiger partial charge in [-0.15, -0.1) is 11.3 Å². The predicted octanol–water partition coefficient (Wildman–Crippen LogP) is 6.73. The second-order valence-electron chi connectivity index (χ2n) is 6.72. The minimum atomic E-state index is -0.717. The quantitative estimate of drug-likeness (QED) is 0.312. The van der Waals surface area contributed by atoms with Gasteiger partial charge in [-0.05, 0) is 42.8 Å². The van der Waals surface area contributed by atoms with Crippen molar-refractivity contribution in [3.05, 3.63) is 72.5 Å². The summed E-state index contributed by atoms with van der Waals surface area (Å²) in [5.41, 5.74) is 0.669. The molecule has 0 aliphatic carbocycles. The highest BCUT2D eigenvalue weighted by atomic mass is 35.5. The molecular weight excluding hydrogens is 546 g/mol. The Bertz CT molecular complexity index is 1280. The van der Waals surface area contributed by atoms with Crippen molar-refractivity contribution in [2.45, 2.75) is 6.92 Å². The van der Waals surface area contributed by atoms with Gasteiger partial charge >= 0.3 is 5.97 Å². The Morgan fingerprint density at radius 3 is 2.41 bits per heavy atom. The molecule has 0 bridgehead atoms. The van der Waals surface area contributed by atoms with Crippen LogP contribution < -0.4 is 15.4 Å². The fraction of sp³-hybridized carbons (Fsp3) is 0.136. The highest BCUT2D eigenvalue weighted by Crippen LogP contribution is 2.36. The van der Waals surface area contributed by atoms with E-state index >= 15 is 0 Å². The normalized spacial score (nSPS) is 10.5. The molecule has 178 valence electrons. The van der Waals surface area contributed by atoms with Gasteiger partial charge in [0, 0.05) is 5.02 Å². The minimum Gasteiger partial charge on any atom is -0.482 e. The third kappa shape index (κ3) is 5.95. The van der Waals surface area contributed by atoms with Crippen molar-refractivity contribution in [3.63, 3.8) is 0 Å². The first-order chi connectivity index (χ1) is 16.1. The van der Waals surface area contributed by atoms with Gasteiger partial charge in [0.05, 0.1) is 38.3 Å². The Kier molecular flexibility index (Phi) is 8.67. The molecule has 0 aliphatic heterocycles. The summed E-state index contributed by atoms with van der Waals surface area (Å²) in [6.45, 7) is 1.16. The van der Waals surface area contributed by atoms with Crippen molar-refractivity contribution in [2.75, 3.05) is 24.4 Å². The molecule has 0 fully saturated rings. The van der Waals surface area contributed by atoms with E-state index in [2.05, 4.69) is 10.6 Å². The molecule has 0 unspecified atom stereocenters. The largest absolute Gasteiger partial charge is 0.482 e. The molecule has 0 saturated heterocycles. The van der Waals surface area contributed by atoms with Crippen LogP contribution in [0.25, 0.3) is 0 Å². The monoisotopic (exact) mass is 560 g/mol. The number of hydrogen-bond donors (Lipinski definition) is 2. The second-order valence-corrected chi connectivity index (χ2v) is 9.37. The van der Waals surface area contributed by atoms with Gasteiger partial charge < -0.3 is 20.1 Å². The van der Waals surface area contributed by atoms with Gasteiger partial charge in [0.1, 0.15) is 10.8 Å². The van der Waals surface area contributed by atoms with Crippen LogP contribution in [0.15, 0.2) is 36.4 Å². The molecule has 2 aromatic carbocycles. The zero-order valence-electron chi connectivity index (χ0n) is 17.6. The van der Waals surface area contributed by atoms with Crippen LogP contribution in [0.5, 0.6) is 5.75 Å². The number of carbonyl (C=O) groups excluding carboxylic acids is 3. The molecule has 2 N–H and O–H groups in total. The van der Waals surface area contributed by atoms with Crippen molar-refractivity contribution in [1.29, 1.82) is 0 Å². The zero-order chi connectivity index (χ0) is 25.0. The smallest absolute Gasteiger partial charge is 0.341 e. The number of thiophene rings is 1. The molecule has 3 rings (SSSR count). The lowest BCUT2D eigenvalue weighted by atomic mass is 10.1. The van der Waals surface area contributed by atoms with Gasteiger partial charge in [-0.2, -0.15) is 0 Å². The number of benzene rings is 2. The molecule has 0 atom stereocenters. The van der Waals surface area contributed by atoms with Gasteiger partial charge in [0.2, 0.25) is 0 Å². The van der Waals surface area contributed by atoms with Gasteiger partial charge in [0.15, 0.2) is 6.61 Å². The SMILES string of the molecule is COC(=O)c1c(NC(=O)COc2ccc(Cl)cc2Cl)sc(C(=O)Nc2cccc(Cl)c2Cl)c1C. The van der Waals surface area contributed by atoms with Crippen molar-refractivity contribution in [2.24, 2.45) is 0 Å². The first-order valence-corrected chi connectivity index (χ1v) is 11.8. The Balaban J connectivity index is 1.82. The molecule has 1 aromatic heterocycles. The Labute approximate surface area is 218 Å². The molecule has 2 amide bonds. The first-order valence-electron chi connectivity index (χ1n) is 9.47. The number of esters is 1. The molecule has 0 aliphatic rings. The van der Waals surface area contributed by atoms with E-state index in [1.165, 1.54) is 19.2 Å². The highest BCUT2D eigenvalue weighted by Gasteiger charge is 2.27. The minimum absolute atomic E-state index is 0.0488. The van der Waals surface area contributed by atoms with Crippen molar-refractivity contribution >= 4 is 86.2 Å². The van der Waals surface area contributed by atoms with E-state index in [1.54, 1.807) is 31.2 Å². The predicted molar refractivity (Wildman–Crippen MR) is 135 cm³/mol. The number of carbonyl (C=O) groups is 3. The number of anilines is 2. The summed E-state index contributed by atoms with van der Waals surface area (Å²) < 4.78 is 10.2. The van der Waals surface area contributed by atoms with Gasteiger partial charge in [0.25, 0.3) is 11.8 Å². The van der Waals surface area contributed by atoms with Crippen LogP contribution in [-0.4, -0.2) is 31.5 Å². The van der Waals surface area contributed by atoms with Crippen molar-refractivity contribution in [1.82, 2.24) is 0 Å². The van der Waals surface area contributed by atoms with Crippen LogP contribution in [0.4, 0.5) is 10.7 Å². The summed E-state index contributed by atoms with van der Waals surface area (Å²) in [7, 11) is 1.20. The van der Waals surface area contributed by atoms with Gasteiger partial charge in [-0.25, -0.2) is 4.79 Å². The summed E-state index contributed by atoms with van der Waals surface area (Å²) in [4.78, 5) is 38.0. The molecule has 0 radical (unpaired) electrons. The fourth-order valence-corrected chi connectivity index (χ4v) is 4.76. The number of methoxy groups -OCH3 is 1. The number of hydrogen-bond acceptors (Lipinski definition) is 6. The van der Waals surface area contributed by atoms with Crippen LogP contribution in [0.3, 0.4) is 0 Å². The summed E-state index contributed by atoms with van der Waals surface area (Å²) >= 11 is 24.9. The Hall–Kier alpha value is -2.49. The standard InChI is InChI=1S/C22H16Cl4N2O5S/c1-10-17(22(31)32-2)21(28-16(29)9-33-15-7-6-11(23)8-13(15)25)34-19(10)20(30)27-14-5-3-4-12(24)18(14)26/h3-8H,9H2,1-2H3,(H,27,30)(H,28,29). The van der Waals surface area contributed by atoms with Crippen LogP contribution >= 0.6 is 57.7 Å². The maximum Gasteiger partial charge on any atom is 0.341 e. The van der Waals surface area contributed by atoms with Gasteiger partial charge in [-0.1, -0.05) is 52.5 Å². The summed E-state index contributed by atoms with van der Waals surface area (Å²) in [6, 6.07) is 9.36. The molecule has 34 heavy (non-hydrogen) atoms. The van der Waals surface area contributed by atoms with E-state index in [-0.39, 0.29) is 36.3 Å². The summed E-state index contributed by atoms with van der Waals surface area (Å²) in [5.74, 6) is -1.58. The van der Waals surface area contributed by atoms with Crippen molar-refractivity contribution < 1.29 is 23.9 Å². The van der Waals surface area contributed by atoms with Crippen LogP contribution in [0, 0.1) is 6.92 Å². The third-order valence-corrected chi connectivity index (χ3v) is 7.00. The second kappa shape index (κ2) is 11.3. The van der Waals surface area contributed by atoms with E-state index in [4.69, 9.17) is 55.9 Å². The summed E-state index contributed by atoms with van der Waals surface area (Å²) in [5, 5.41) is 6.47. The summed E-state index contributed by atoms with van der Waals surface area (Å²) in [6.07, 6.45) is 0. The topological polar surface area (TPSA) is 93.7 Å². The van der Waals surface area contributed by atoms with E-state index in [9.17, 15) is 14.4 Å². The number of halogens is 4. The lowest BCUT2D eigenvalue weighted by Crippen LogP contribution is -2.21.